The summed E-state index contributed by atoms with van der Waals surface area (Å²) >= 11 is 0. The largest absolute Gasteiger partial charge is 0.326 e. The lowest BCUT2D eigenvalue weighted by atomic mass is 10.00. The molecule has 2 N–H and O–H groups in total. The van der Waals surface area contributed by atoms with Gasteiger partial charge in [0.15, 0.2) is 0 Å². The van der Waals surface area contributed by atoms with E-state index in [0.717, 1.165) is 6.42 Å². The van der Waals surface area contributed by atoms with Crippen molar-refractivity contribution < 1.29 is 0 Å². The summed E-state index contributed by atoms with van der Waals surface area (Å²) in [6.45, 7) is 10.3. The van der Waals surface area contributed by atoms with E-state index >= 15 is 0 Å². The van der Waals surface area contributed by atoms with E-state index in [2.05, 4.69) is 30.7 Å². The molecule has 0 bridgehead atoms. The first-order chi connectivity index (χ1) is 6.47. The highest BCUT2D eigenvalue weighted by Gasteiger charge is 2.15. The van der Waals surface area contributed by atoms with Gasteiger partial charge in [0.05, 0.1) is 0 Å². The van der Waals surface area contributed by atoms with Crippen LogP contribution in [0.15, 0.2) is 0 Å². The second-order valence-corrected chi connectivity index (χ2v) is 5.24. The van der Waals surface area contributed by atoms with Gasteiger partial charge in [-0.1, -0.05) is 0 Å². The smallest absolute Gasteiger partial charge is 0.0110 e. The average Bonchev–Trinajstić information content (AvgIpc) is 2.06. The van der Waals surface area contributed by atoms with Gasteiger partial charge in [-0.15, -0.1) is 0 Å². The summed E-state index contributed by atoms with van der Waals surface area (Å²) in [5.74, 6) is 0. The molecule has 14 heavy (non-hydrogen) atoms. The Morgan fingerprint density at radius 2 is 1.71 bits per heavy atom. The maximum Gasteiger partial charge on any atom is 0.0110 e. The quantitative estimate of drug-likeness (QED) is 0.725. The zero-order chi connectivity index (χ0) is 10.6. The Labute approximate surface area is 88.2 Å². The van der Waals surface area contributed by atoms with Crippen LogP contribution in [0.25, 0.3) is 0 Å². The molecule has 0 atom stereocenters. The van der Waals surface area contributed by atoms with Gasteiger partial charge in [0.2, 0.25) is 0 Å². The van der Waals surface area contributed by atoms with Gasteiger partial charge in [0, 0.05) is 31.7 Å². The third-order valence-corrected chi connectivity index (χ3v) is 2.89. The summed E-state index contributed by atoms with van der Waals surface area (Å²) in [4.78, 5) is 4.94. The summed E-state index contributed by atoms with van der Waals surface area (Å²) in [7, 11) is 2.19. The molecule has 1 aliphatic rings. The second-order valence-electron chi connectivity index (χ2n) is 5.24. The highest BCUT2D eigenvalue weighted by atomic mass is 15.2. The van der Waals surface area contributed by atoms with Crippen molar-refractivity contribution in [1.82, 2.24) is 9.80 Å². The Morgan fingerprint density at radius 1 is 1.14 bits per heavy atom. The van der Waals surface area contributed by atoms with Crippen LogP contribution in [0.4, 0.5) is 0 Å². The fourth-order valence-electron chi connectivity index (χ4n) is 1.83. The minimum Gasteiger partial charge on any atom is -0.326 e. The van der Waals surface area contributed by atoms with Gasteiger partial charge in [0.25, 0.3) is 0 Å². The molecule has 0 amide bonds. The van der Waals surface area contributed by atoms with Crippen molar-refractivity contribution >= 4 is 0 Å². The molecule has 1 heterocycles. The highest BCUT2D eigenvalue weighted by molar-refractivity contribution is 4.74. The van der Waals surface area contributed by atoms with Gasteiger partial charge in [-0.25, -0.2) is 0 Å². The normalized spacial score (nSPS) is 21.4. The van der Waals surface area contributed by atoms with Crippen LogP contribution < -0.4 is 5.73 Å². The van der Waals surface area contributed by atoms with Crippen molar-refractivity contribution in [2.75, 3.05) is 39.8 Å². The first kappa shape index (κ1) is 12.0. The van der Waals surface area contributed by atoms with Crippen molar-refractivity contribution in [3.8, 4) is 0 Å². The number of nitrogens with two attached hydrogens (primary N) is 1. The number of likely N-dealkylation sites (N-methyl/N-ethyl adjacent to an activating group) is 1. The third-order valence-electron chi connectivity index (χ3n) is 2.89. The predicted octanol–water partition coefficient (Wildman–Crippen LogP) is 0.751. The minimum absolute atomic E-state index is 0.00653. The molecular formula is C11H25N3. The first-order valence-electron chi connectivity index (χ1n) is 5.67. The van der Waals surface area contributed by atoms with Gasteiger partial charge < -0.3 is 15.5 Å². The molecule has 0 aliphatic carbocycles. The van der Waals surface area contributed by atoms with E-state index in [-0.39, 0.29) is 5.54 Å². The van der Waals surface area contributed by atoms with Crippen LogP contribution in [0.3, 0.4) is 0 Å². The lowest BCUT2D eigenvalue weighted by Crippen LogP contribution is -2.45. The molecule has 0 aromatic carbocycles. The summed E-state index contributed by atoms with van der Waals surface area (Å²) in [5, 5.41) is 0. The minimum atomic E-state index is 0.00653. The molecule has 1 rings (SSSR count). The molecule has 0 aromatic heterocycles. The number of piperazine rings is 1. The van der Waals surface area contributed by atoms with E-state index in [9.17, 15) is 0 Å². The molecule has 1 saturated heterocycles. The van der Waals surface area contributed by atoms with Crippen molar-refractivity contribution in [3.63, 3.8) is 0 Å². The second kappa shape index (κ2) is 5.10. The first-order valence-corrected chi connectivity index (χ1v) is 5.67. The Bertz CT molecular complexity index is 154. The van der Waals surface area contributed by atoms with Gasteiger partial charge in [-0.05, 0) is 40.3 Å². The van der Waals surface area contributed by atoms with Crippen molar-refractivity contribution in [2.24, 2.45) is 5.73 Å². The summed E-state index contributed by atoms with van der Waals surface area (Å²) < 4.78 is 0. The molecule has 1 fully saturated rings. The summed E-state index contributed by atoms with van der Waals surface area (Å²) in [6, 6.07) is 0. The monoisotopic (exact) mass is 199 g/mol. The van der Waals surface area contributed by atoms with Crippen LogP contribution in [0.5, 0.6) is 0 Å². The fourth-order valence-corrected chi connectivity index (χ4v) is 1.83. The fraction of sp³-hybridized carbons (Fsp3) is 1.00. The van der Waals surface area contributed by atoms with Crippen LogP contribution in [0.1, 0.15) is 26.7 Å². The zero-order valence-electron chi connectivity index (χ0n) is 9.92. The molecule has 0 aromatic rings. The van der Waals surface area contributed by atoms with Crippen molar-refractivity contribution in [3.05, 3.63) is 0 Å². The molecule has 84 valence electrons. The molecule has 3 heteroatoms. The molecular weight excluding hydrogens is 174 g/mol. The average molecular weight is 199 g/mol. The lowest BCUT2D eigenvalue weighted by Gasteiger charge is -2.32. The third kappa shape index (κ3) is 4.94. The summed E-state index contributed by atoms with van der Waals surface area (Å²) in [5.41, 5.74) is 5.95. The number of rotatable bonds is 4. The maximum atomic E-state index is 5.95. The van der Waals surface area contributed by atoms with E-state index < -0.39 is 0 Å². The topological polar surface area (TPSA) is 32.5 Å². The Hall–Kier alpha value is -0.120. The van der Waals surface area contributed by atoms with Crippen LogP contribution in [0, 0.1) is 0 Å². The molecule has 0 spiro atoms. The Morgan fingerprint density at radius 3 is 2.21 bits per heavy atom. The van der Waals surface area contributed by atoms with Crippen LogP contribution in [0.2, 0.25) is 0 Å². The number of nitrogens with zero attached hydrogens (tertiary/aromatic N) is 2. The van der Waals surface area contributed by atoms with Crippen LogP contribution in [-0.4, -0.2) is 55.1 Å². The van der Waals surface area contributed by atoms with Crippen molar-refractivity contribution in [1.29, 1.82) is 0 Å². The molecule has 3 nitrogen and oxygen atoms in total. The number of hydrogen-bond acceptors (Lipinski definition) is 3. The van der Waals surface area contributed by atoms with Gasteiger partial charge in [0.1, 0.15) is 0 Å². The van der Waals surface area contributed by atoms with E-state index in [1.807, 2.05) is 0 Å². The van der Waals surface area contributed by atoms with Gasteiger partial charge >= 0.3 is 0 Å². The van der Waals surface area contributed by atoms with Gasteiger partial charge in [-0.2, -0.15) is 0 Å². The SMILES string of the molecule is CN1CCN(CCCC(C)(C)N)CC1. The van der Waals surface area contributed by atoms with E-state index in [1.165, 1.54) is 39.1 Å². The molecule has 0 radical (unpaired) electrons. The standard InChI is InChI=1S/C11H25N3/c1-11(2,12)5-4-6-14-9-7-13(3)8-10-14/h4-10,12H2,1-3H3. The van der Waals surface area contributed by atoms with E-state index in [4.69, 9.17) is 5.73 Å². The molecule has 0 unspecified atom stereocenters. The highest BCUT2D eigenvalue weighted by Crippen LogP contribution is 2.08. The van der Waals surface area contributed by atoms with Crippen LogP contribution >= 0.6 is 0 Å². The van der Waals surface area contributed by atoms with E-state index in [0.29, 0.717) is 0 Å². The summed E-state index contributed by atoms with van der Waals surface area (Å²) in [6.07, 6.45) is 2.35. The predicted molar refractivity (Wildman–Crippen MR) is 61.4 cm³/mol. The van der Waals surface area contributed by atoms with Gasteiger partial charge in [-0.3, -0.25) is 0 Å². The molecule has 1 aliphatic heterocycles. The van der Waals surface area contributed by atoms with Crippen molar-refractivity contribution in [2.45, 2.75) is 32.2 Å². The van der Waals surface area contributed by atoms with Crippen LogP contribution in [-0.2, 0) is 0 Å². The maximum absolute atomic E-state index is 5.95. The molecule has 0 saturated carbocycles. The Kier molecular flexibility index (Phi) is 4.35. The lowest BCUT2D eigenvalue weighted by molar-refractivity contribution is 0.150. The zero-order valence-corrected chi connectivity index (χ0v) is 9.92. The van der Waals surface area contributed by atoms with E-state index in [1.54, 1.807) is 0 Å². The Balaban J connectivity index is 2.08. The number of hydrogen-bond donors (Lipinski definition) is 1.